The molecule has 0 atom stereocenters. The fourth-order valence-corrected chi connectivity index (χ4v) is 6.63. The number of fused-ring (bicyclic) bond motifs is 4. The fourth-order valence-electron chi connectivity index (χ4n) is 5.60. The van der Waals surface area contributed by atoms with E-state index in [1.165, 1.54) is 10.8 Å². The van der Waals surface area contributed by atoms with Gasteiger partial charge in [-0.05, 0) is 34.6 Å². The van der Waals surface area contributed by atoms with Crippen LogP contribution in [-0.4, -0.2) is 22.6 Å². The van der Waals surface area contributed by atoms with Gasteiger partial charge >= 0.3 is 0 Å². The van der Waals surface area contributed by atoms with E-state index in [9.17, 15) is 0 Å². The summed E-state index contributed by atoms with van der Waals surface area (Å²) in [5.41, 5.74) is 7.98. The van der Waals surface area contributed by atoms with Crippen molar-refractivity contribution in [2.24, 2.45) is 0 Å². The van der Waals surface area contributed by atoms with E-state index >= 15 is 0 Å². The molecule has 0 N–H and O–H groups in total. The number of benzene rings is 5. The van der Waals surface area contributed by atoms with Crippen LogP contribution in [0.1, 0.15) is 5.56 Å². The van der Waals surface area contributed by atoms with Crippen LogP contribution in [0.15, 0.2) is 138 Å². The van der Waals surface area contributed by atoms with Crippen molar-refractivity contribution in [3.8, 4) is 22.6 Å². The molecule has 46 heavy (non-hydrogen) atoms. The molecule has 0 aliphatic rings. The van der Waals surface area contributed by atoms with Gasteiger partial charge in [0, 0.05) is 38.2 Å². The van der Waals surface area contributed by atoms with Crippen LogP contribution in [0.4, 0.5) is 0 Å². The molecule has 0 spiro atoms. The normalized spacial score (nSPS) is 11.3. The third-order valence-electron chi connectivity index (χ3n) is 8.01. The number of aromatic nitrogens is 3. The predicted molar refractivity (Wildman–Crippen MR) is 188 cm³/mol. The van der Waals surface area contributed by atoms with Crippen molar-refractivity contribution in [3.05, 3.63) is 151 Å². The summed E-state index contributed by atoms with van der Waals surface area (Å²) in [7, 11) is -1.23. The minimum Gasteiger partial charge on any atom is -0.501 e. The molecule has 0 amide bonds. The number of imidazole rings is 1. The Morgan fingerprint density at radius 3 is 2.24 bits per heavy atom. The molecule has 0 saturated carbocycles. The van der Waals surface area contributed by atoms with E-state index < -0.39 is 8.07 Å². The van der Waals surface area contributed by atoms with E-state index in [2.05, 4.69) is 108 Å². The van der Waals surface area contributed by atoms with Crippen LogP contribution in [-0.2, 0) is 26.7 Å². The van der Waals surface area contributed by atoms with Gasteiger partial charge in [-0.3, -0.25) is 4.98 Å². The minimum atomic E-state index is -1.23. The first-order chi connectivity index (χ1) is 22.0. The van der Waals surface area contributed by atoms with Gasteiger partial charge in [-0.2, -0.15) is 0 Å². The Bertz CT molecular complexity index is 2220. The van der Waals surface area contributed by atoms with Gasteiger partial charge in [-0.15, -0.1) is 54.1 Å². The smallest absolute Gasteiger partial charge is 0.120 e. The van der Waals surface area contributed by atoms with E-state index in [0.29, 0.717) is 0 Å². The molecule has 0 fully saturated rings. The van der Waals surface area contributed by atoms with Crippen molar-refractivity contribution in [2.75, 3.05) is 0 Å². The number of rotatable bonds is 5. The largest absolute Gasteiger partial charge is 0.501 e. The topological polar surface area (TPSA) is 43.9 Å². The average Bonchev–Trinajstić information content (AvgIpc) is 3.64. The molecule has 6 heteroatoms. The van der Waals surface area contributed by atoms with Gasteiger partial charge in [0.25, 0.3) is 0 Å². The molecule has 0 aliphatic carbocycles. The van der Waals surface area contributed by atoms with Crippen LogP contribution in [0.25, 0.3) is 55.6 Å². The predicted octanol–water partition coefficient (Wildman–Crippen LogP) is 9.54. The maximum atomic E-state index is 6.25. The van der Waals surface area contributed by atoms with Gasteiger partial charge in [0.1, 0.15) is 5.58 Å². The van der Waals surface area contributed by atoms with E-state index in [4.69, 9.17) is 9.40 Å². The summed E-state index contributed by atoms with van der Waals surface area (Å²) in [5, 5.41) is 3.60. The van der Waals surface area contributed by atoms with E-state index in [-0.39, 0.29) is 20.1 Å². The van der Waals surface area contributed by atoms with Crippen LogP contribution in [0.3, 0.4) is 0 Å². The molecule has 5 aromatic carbocycles. The molecule has 229 valence electrons. The third kappa shape index (κ3) is 6.38. The molecular weight excluding hydrogens is 759 g/mol. The molecule has 8 rings (SSSR count). The SMILES string of the molecule is C[Si](C)(C)c1ccc(-c2[c-]cccc2)nc1.[Ir].[c-]1ccc2c(oc3ccccc32)c1-c1nc2ccccc2n1Cc1ccccc1. The molecule has 0 saturated heterocycles. The van der Waals surface area contributed by atoms with Crippen molar-refractivity contribution < 1.29 is 24.5 Å². The maximum Gasteiger partial charge on any atom is 0.120 e. The number of hydrogen-bond acceptors (Lipinski definition) is 3. The van der Waals surface area contributed by atoms with Crippen LogP contribution in [0.2, 0.25) is 19.6 Å². The average molecular weight is 792 g/mol. The van der Waals surface area contributed by atoms with E-state index in [0.717, 1.165) is 62.2 Å². The van der Waals surface area contributed by atoms with Crippen molar-refractivity contribution in [2.45, 2.75) is 26.2 Å². The Balaban J connectivity index is 0.000000187. The van der Waals surface area contributed by atoms with Crippen LogP contribution in [0.5, 0.6) is 0 Å². The molecule has 3 heterocycles. The van der Waals surface area contributed by atoms with Crippen molar-refractivity contribution in [1.82, 2.24) is 14.5 Å². The van der Waals surface area contributed by atoms with Crippen LogP contribution >= 0.6 is 0 Å². The zero-order valence-corrected chi connectivity index (χ0v) is 29.4. The fraction of sp³-hybridized carbons (Fsp3) is 0.100. The van der Waals surface area contributed by atoms with Gasteiger partial charge in [-0.25, -0.2) is 0 Å². The molecule has 1 radical (unpaired) electrons. The molecule has 8 aromatic rings. The van der Waals surface area contributed by atoms with E-state index in [1.807, 2.05) is 66.9 Å². The monoisotopic (exact) mass is 792 g/mol. The third-order valence-corrected chi connectivity index (χ3v) is 10.0. The van der Waals surface area contributed by atoms with Gasteiger partial charge in [0.2, 0.25) is 0 Å². The van der Waals surface area contributed by atoms with Crippen molar-refractivity contribution >= 4 is 46.2 Å². The Morgan fingerprint density at radius 1 is 0.717 bits per heavy atom. The maximum absolute atomic E-state index is 6.25. The zero-order valence-electron chi connectivity index (χ0n) is 26.0. The number of furan rings is 1. The molecule has 4 nitrogen and oxygen atoms in total. The molecule has 0 aliphatic heterocycles. The molecule has 3 aromatic heterocycles. The summed E-state index contributed by atoms with van der Waals surface area (Å²) in [5.74, 6) is 0.875. The van der Waals surface area contributed by atoms with E-state index in [1.54, 1.807) is 0 Å². The second kappa shape index (κ2) is 13.4. The van der Waals surface area contributed by atoms with Gasteiger partial charge < -0.3 is 14.0 Å². The van der Waals surface area contributed by atoms with Gasteiger partial charge in [0.05, 0.1) is 30.5 Å². The quantitative estimate of drug-likeness (QED) is 0.129. The Hall–Kier alpha value is -4.61. The first-order valence-corrected chi connectivity index (χ1v) is 18.7. The van der Waals surface area contributed by atoms with Gasteiger partial charge in [-0.1, -0.05) is 103 Å². The summed E-state index contributed by atoms with van der Waals surface area (Å²) >= 11 is 0. The summed E-state index contributed by atoms with van der Waals surface area (Å²) in [6.07, 6.45) is 2.02. The Labute approximate surface area is 284 Å². The Kier molecular flexibility index (Phi) is 9.14. The summed E-state index contributed by atoms with van der Waals surface area (Å²) < 4.78 is 8.51. The number of pyridine rings is 1. The standard InChI is InChI=1S/C26H17N2O.C14H16NSi.Ir/c1-2-9-18(10-3-1)17-28-23-15-6-5-14-22(23)27-26(28)21-13-8-12-20-19-11-4-7-16-24(19)29-25(20)21;1-16(2,3)13-9-10-14(15-11-13)12-7-5-4-6-8-12;/h1-12,14-16H,17H2;4-7,9-11H,1-3H3;/q2*-1;. The number of nitrogens with zero attached hydrogens (tertiary/aromatic N) is 3. The van der Waals surface area contributed by atoms with Crippen LogP contribution < -0.4 is 5.19 Å². The molecule has 0 unspecified atom stereocenters. The summed E-state index contributed by atoms with van der Waals surface area (Å²) in [4.78, 5) is 9.49. The van der Waals surface area contributed by atoms with Crippen molar-refractivity contribution in [1.29, 1.82) is 0 Å². The minimum absolute atomic E-state index is 0. The second-order valence-electron chi connectivity index (χ2n) is 12.1. The van der Waals surface area contributed by atoms with Crippen molar-refractivity contribution in [3.63, 3.8) is 0 Å². The van der Waals surface area contributed by atoms with Gasteiger partial charge in [0.15, 0.2) is 0 Å². The number of hydrogen-bond donors (Lipinski definition) is 0. The Morgan fingerprint density at radius 2 is 1.48 bits per heavy atom. The number of para-hydroxylation sites is 3. The zero-order chi connectivity index (χ0) is 30.8. The molecular formula is C40H33IrN3OSi-2. The first-order valence-electron chi connectivity index (χ1n) is 15.2. The molecule has 0 bridgehead atoms. The first kappa shape index (κ1) is 31.4. The summed E-state index contributed by atoms with van der Waals surface area (Å²) in [6.45, 7) is 7.73. The second-order valence-corrected chi connectivity index (χ2v) is 17.2. The summed E-state index contributed by atoms with van der Waals surface area (Å²) in [6, 6.07) is 49.7. The van der Waals surface area contributed by atoms with Crippen LogP contribution in [0, 0.1) is 12.1 Å².